The number of aromatic nitrogens is 2. The Bertz CT molecular complexity index is 764. The van der Waals surface area contributed by atoms with Crippen LogP contribution >= 0.6 is 15.9 Å². The summed E-state index contributed by atoms with van der Waals surface area (Å²) in [5, 5.41) is 5.74. The first-order valence-corrected chi connectivity index (χ1v) is 7.32. The van der Waals surface area contributed by atoms with Crippen molar-refractivity contribution in [3.63, 3.8) is 0 Å². The molecule has 0 unspecified atom stereocenters. The molecule has 0 aliphatic rings. The van der Waals surface area contributed by atoms with Gasteiger partial charge in [0.1, 0.15) is 10.4 Å². The number of nitrogens with zero attached hydrogens (tertiary/aromatic N) is 2. The summed E-state index contributed by atoms with van der Waals surface area (Å²) < 4.78 is 8.27. The minimum absolute atomic E-state index is 0.851. The molecule has 0 saturated carbocycles. The summed E-state index contributed by atoms with van der Waals surface area (Å²) in [7, 11) is 1.68. The number of ether oxygens (including phenoxy) is 1. The average molecular weight is 331 g/mol. The quantitative estimate of drug-likeness (QED) is 0.707. The molecular formula is C16H15BrN2O. The number of halogens is 1. The standard InChI is InChI=1S/C16H15BrN2O/c1-3-19-16(17)14-8-7-12(10-15(14)18-19)11-5-4-6-13(9-11)20-2/h4-10H,3H2,1-2H3. The first kappa shape index (κ1) is 13.2. The maximum atomic E-state index is 5.28. The Labute approximate surface area is 126 Å². The zero-order chi connectivity index (χ0) is 14.1. The number of fused-ring (bicyclic) bond motifs is 1. The lowest BCUT2D eigenvalue weighted by Gasteiger charge is -2.04. The van der Waals surface area contributed by atoms with E-state index in [-0.39, 0.29) is 0 Å². The van der Waals surface area contributed by atoms with Gasteiger partial charge < -0.3 is 4.74 Å². The van der Waals surface area contributed by atoms with E-state index in [2.05, 4.69) is 52.2 Å². The van der Waals surface area contributed by atoms with Crippen molar-refractivity contribution >= 4 is 26.8 Å². The molecule has 0 spiro atoms. The largest absolute Gasteiger partial charge is 0.497 e. The monoisotopic (exact) mass is 330 g/mol. The van der Waals surface area contributed by atoms with Gasteiger partial charge in [0.15, 0.2) is 0 Å². The number of benzene rings is 2. The van der Waals surface area contributed by atoms with Gasteiger partial charge in [-0.25, -0.2) is 0 Å². The highest BCUT2D eigenvalue weighted by atomic mass is 79.9. The van der Waals surface area contributed by atoms with Crippen molar-refractivity contribution in [2.75, 3.05) is 7.11 Å². The van der Waals surface area contributed by atoms with Gasteiger partial charge in [-0.05, 0) is 58.2 Å². The summed E-state index contributed by atoms with van der Waals surface area (Å²) in [6, 6.07) is 14.4. The van der Waals surface area contributed by atoms with Crippen LogP contribution in [0.2, 0.25) is 0 Å². The first-order chi connectivity index (χ1) is 9.72. The van der Waals surface area contributed by atoms with Crippen molar-refractivity contribution in [2.45, 2.75) is 13.5 Å². The van der Waals surface area contributed by atoms with Crippen LogP contribution < -0.4 is 4.74 Å². The lowest BCUT2D eigenvalue weighted by molar-refractivity contribution is 0.415. The number of methoxy groups -OCH3 is 1. The second kappa shape index (κ2) is 5.29. The van der Waals surface area contributed by atoms with Crippen LogP contribution in [0.15, 0.2) is 47.1 Å². The van der Waals surface area contributed by atoms with Crippen molar-refractivity contribution in [3.8, 4) is 16.9 Å². The predicted molar refractivity (Wildman–Crippen MR) is 85.1 cm³/mol. The van der Waals surface area contributed by atoms with Crippen molar-refractivity contribution in [1.82, 2.24) is 9.78 Å². The highest BCUT2D eigenvalue weighted by molar-refractivity contribution is 9.10. The van der Waals surface area contributed by atoms with E-state index < -0.39 is 0 Å². The maximum Gasteiger partial charge on any atom is 0.119 e. The molecule has 1 heterocycles. The van der Waals surface area contributed by atoms with Gasteiger partial charge in [-0.15, -0.1) is 0 Å². The van der Waals surface area contributed by atoms with Gasteiger partial charge in [-0.3, -0.25) is 4.68 Å². The number of hydrogen-bond donors (Lipinski definition) is 0. The van der Waals surface area contributed by atoms with E-state index in [1.165, 1.54) is 0 Å². The fourth-order valence-corrected chi connectivity index (χ4v) is 2.96. The third-order valence-corrected chi connectivity index (χ3v) is 4.21. The smallest absolute Gasteiger partial charge is 0.119 e. The molecule has 0 N–H and O–H groups in total. The lowest BCUT2D eigenvalue weighted by atomic mass is 10.0. The van der Waals surface area contributed by atoms with Crippen molar-refractivity contribution in [3.05, 3.63) is 47.1 Å². The van der Waals surface area contributed by atoms with E-state index in [1.54, 1.807) is 7.11 Å². The van der Waals surface area contributed by atoms with Crippen LogP contribution in [-0.4, -0.2) is 16.9 Å². The molecule has 4 heteroatoms. The minimum Gasteiger partial charge on any atom is -0.497 e. The van der Waals surface area contributed by atoms with Gasteiger partial charge in [-0.2, -0.15) is 5.10 Å². The molecule has 0 aliphatic heterocycles. The Morgan fingerprint density at radius 1 is 1.15 bits per heavy atom. The number of aryl methyl sites for hydroxylation is 1. The molecular weight excluding hydrogens is 316 g/mol. The Hall–Kier alpha value is -1.81. The second-order valence-electron chi connectivity index (χ2n) is 4.57. The normalized spacial score (nSPS) is 10.9. The molecule has 0 bridgehead atoms. The number of rotatable bonds is 3. The van der Waals surface area contributed by atoms with Gasteiger partial charge in [0.05, 0.1) is 12.6 Å². The second-order valence-corrected chi connectivity index (χ2v) is 5.32. The summed E-state index contributed by atoms with van der Waals surface area (Å²) in [5.74, 6) is 0.864. The summed E-state index contributed by atoms with van der Waals surface area (Å²) in [6.45, 7) is 2.93. The van der Waals surface area contributed by atoms with Crippen LogP contribution in [0.5, 0.6) is 5.75 Å². The molecule has 1 aromatic heterocycles. The third kappa shape index (κ3) is 2.20. The summed E-state index contributed by atoms with van der Waals surface area (Å²) in [4.78, 5) is 0. The molecule has 3 aromatic rings. The van der Waals surface area contributed by atoms with Gasteiger partial charge >= 0.3 is 0 Å². The van der Waals surface area contributed by atoms with E-state index in [4.69, 9.17) is 4.74 Å². The maximum absolute atomic E-state index is 5.28. The molecule has 2 aromatic carbocycles. The van der Waals surface area contributed by atoms with E-state index >= 15 is 0 Å². The predicted octanol–water partition coefficient (Wildman–Crippen LogP) is 4.49. The molecule has 3 rings (SSSR count). The minimum atomic E-state index is 0.851. The molecule has 20 heavy (non-hydrogen) atoms. The van der Waals surface area contributed by atoms with Crippen LogP contribution in [-0.2, 0) is 6.54 Å². The fraction of sp³-hybridized carbons (Fsp3) is 0.188. The molecule has 0 radical (unpaired) electrons. The van der Waals surface area contributed by atoms with Crippen LogP contribution in [0.4, 0.5) is 0 Å². The summed E-state index contributed by atoms with van der Waals surface area (Å²) in [5.41, 5.74) is 3.28. The van der Waals surface area contributed by atoms with E-state index in [1.807, 2.05) is 22.9 Å². The summed E-state index contributed by atoms with van der Waals surface area (Å²) in [6.07, 6.45) is 0. The molecule has 102 valence electrons. The van der Waals surface area contributed by atoms with E-state index in [0.717, 1.165) is 38.9 Å². The molecule has 0 amide bonds. The summed E-state index contributed by atoms with van der Waals surface area (Å²) >= 11 is 3.60. The third-order valence-electron chi connectivity index (χ3n) is 3.38. The van der Waals surface area contributed by atoms with Crippen LogP contribution in [0, 0.1) is 0 Å². The molecule has 3 nitrogen and oxygen atoms in total. The number of hydrogen-bond acceptors (Lipinski definition) is 2. The first-order valence-electron chi connectivity index (χ1n) is 6.53. The SMILES string of the molecule is CCn1nc2cc(-c3cccc(OC)c3)ccc2c1Br. The lowest BCUT2D eigenvalue weighted by Crippen LogP contribution is -1.95. The molecule has 0 fully saturated rings. The van der Waals surface area contributed by atoms with Gasteiger partial charge in [-0.1, -0.05) is 18.2 Å². The van der Waals surface area contributed by atoms with Crippen molar-refractivity contribution in [2.24, 2.45) is 0 Å². The Morgan fingerprint density at radius 2 is 1.95 bits per heavy atom. The van der Waals surface area contributed by atoms with Gasteiger partial charge in [0.25, 0.3) is 0 Å². The van der Waals surface area contributed by atoms with Crippen molar-refractivity contribution in [1.29, 1.82) is 0 Å². The fourth-order valence-electron chi connectivity index (χ4n) is 2.29. The Kier molecular flexibility index (Phi) is 3.49. The Morgan fingerprint density at radius 3 is 2.70 bits per heavy atom. The van der Waals surface area contributed by atoms with Gasteiger partial charge in [0.2, 0.25) is 0 Å². The molecule has 0 aliphatic carbocycles. The van der Waals surface area contributed by atoms with Crippen LogP contribution in [0.3, 0.4) is 0 Å². The van der Waals surface area contributed by atoms with E-state index in [0.29, 0.717) is 0 Å². The van der Waals surface area contributed by atoms with Crippen molar-refractivity contribution < 1.29 is 4.74 Å². The molecule has 0 atom stereocenters. The topological polar surface area (TPSA) is 27.1 Å². The average Bonchev–Trinajstić information content (AvgIpc) is 2.83. The van der Waals surface area contributed by atoms with Gasteiger partial charge in [0, 0.05) is 11.9 Å². The molecule has 0 saturated heterocycles. The highest BCUT2D eigenvalue weighted by Gasteiger charge is 2.09. The van der Waals surface area contributed by atoms with Crippen LogP contribution in [0.25, 0.3) is 22.0 Å². The highest BCUT2D eigenvalue weighted by Crippen LogP contribution is 2.30. The Balaban J connectivity index is 2.12. The zero-order valence-corrected chi connectivity index (χ0v) is 13.0. The van der Waals surface area contributed by atoms with Crippen LogP contribution in [0.1, 0.15) is 6.92 Å². The van der Waals surface area contributed by atoms with E-state index in [9.17, 15) is 0 Å². The zero-order valence-electron chi connectivity index (χ0n) is 11.4.